The van der Waals surface area contributed by atoms with Crippen molar-refractivity contribution in [2.45, 2.75) is 12.6 Å². The second kappa shape index (κ2) is 1.97. The Morgan fingerprint density at radius 3 is 2.88 bits per heavy atom. The molecular weight excluding hydrogens is 109 g/mol. The third-order valence-corrected chi connectivity index (χ3v) is 1.09. The molecule has 1 unspecified atom stereocenters. The first-order valence-electron chi connectivity index (χ1n) is 2.45. The Morgan fingerprint density at radius 2 is 2.62 bits per heavy atom. The van der Waals surface area contributed by atoms with E-state index in [1.54, 1.807) is 5.94 Å². The van der Waals surface area contributed by atoms with Crippen molar-refractivity contribution in [3.05, 3.63) is 5.70 Å². The second-order valence-electron chi connectivity index (χ2n) is 1.76. The van der Waals surface area contributed by atoms with E-state index in [2.05, 4.69) is 5.32 Å². The van der Waals surface area contributed by atoms with E-state index in [-0.39, 0.29) is 13.0 Å². The molecule has 1 atom stereocenters. The largest absolute Gasteiger partial charge is 0.376 e. The summed E-state index contributed by atoms with van der Waals surface area (Å²) < 4.78 is 12.1. The number of alkyl halides is 1. The van der Waals surface area contributed by atoms with Gasteiger partial charge < -0.3 is 5.32 Å². The number of hydrogen-bond acceptors (Lipinski definition) is 2. The van der Waals surface area contributed by atoms with Crippen molar-refractivity contribution in [2.75, 3.05) is 6.54 Å². The molecule has 1 N–H and O–H groups in total. The fraction of sp³-hybridized carbons (Fsp3) is 0.600. The molecule has 44 valence electrons. The summed E-state index contributed by atoms with van der Waals surface area (Å²) in [7, 11) is 0. The van der Waals surface area contributed by atoms with Crippen molar-refractivity contribution in [2.24, 2.45) is 0 Å². The summed E-state index contributed by atoms with van der Waals surface area (Å²) in [5.41, 5.74) is 0.359. The van der Waals surface area contributed by atoms with Crippen molar-refractivity contribution >= 4 is 5.94 Å². The van der Waals surface area contributed by atoms with Crippen molar-refractivity contribution in [3.8, 4) is 0 Å². The van der Waals surface area contributed by atoms with Crippen LogP contribution in [0.15, 0.2) is 5.70 Å². The van der Waals surface area contributed by atoms with Gasteiger partial charge in [-0.2, -0.15) is 0 Å². The van der Waals surface area contributed by atoms with Gasteiger partial charge in [-0.3, -0.25) is 0 Å². The number of nitrogens with one attached hydrogen (secondary N) is 1. The zero-order valence-electron chi connectivity index (χ0n) is 4.28. The van der Waals surface area contributed by atoms with E-state index in [1.165, 1.54) is 0 Å². The molecule has 1 rings (SSSR count). The Labute approximate surface area is 46.4 Å². The highest BCUT2D eigenvalue weighted by molar-refractivity contribution is 5.52. The monoisotopic (exact) mass is 115 g/mol. The fourth-order valence-electron chi connectivity index (χ4n) is 0.678. The molecular formula is C5H6FNO. The molecule has 0 aromatic rings. The van der Waals surface area contributed by atoms with Gasteiger partial charge in [0.25, 0.3) is 0 Å². The normalized spacial score (nSPS) is 27.1. The lowest BCUT2D eigenvalue weighted by atomic mass is 10.3. The van der Waals surface area contributed by atoms with E-state index in [4.69, 9.17) is 0 Å². The number of carbonyl (C=O) groups excluding carboxylic acids is 1. The molecule has 0 radical (unpaired) electrons. The molecule has 0 aromatic carbocycles. The number of rotatable bonds is 0. The highest BCUT2D eigenvalue weighted by Crippen LogP contribution is 2.09. The van der Waals surface area contributed by atoms with Crippen LogP contribution in [0.2, 0.25) is 0 Å². The summed E-state index contributed by atoms with van der Waals surface area (Å²) in [5.74, 6) is 1.61. The minimum atomic E-state index is -0.883. The summed E-state index contributed by atoms with van der Waals surface area (Å²) in [6.07, 6.45) is -0.671. The minimum Gasteiger partial charge on any atom is -0.376 e. The SMILES string of the molecule is O=C=C1CC(F)CN1. The Morgan fingerprint density at radius 1 is 1.88 bits per heavy atom. The predicted molar refractivity (Wildman–Crippen MR) is 26.7 cm³/mol. The van der Waals surface area contributed by atoms with Crippen molar-refractivity contribution in [1.29, 1.82) is 0 Å². The fourth-order valence-corrected chi connectivity index (χ4v) is 0.678. The average molecular weight is 115 g/mol. The molecule has 0 amide bonds. The summed E-state index contributed by atoms with van der Waals surface area (Å²) in [6, 6.07) is 0. The topological polar surface area (TPSA) is 29.1 Å². The van der Waals surface area contributed by atoms with E-state index in [9.17, 15) is 9.18 Å². The minimum absolute atomic E-state index is 0.212. The number of allylic oxidation sites excluding steroid dienone is 1. The first-order valence-corrected chi connectivity index (χ1v) is 2.45. The molecule has 3 heteroatoms. The number of hydrogen-bond donors (Lipinski definition) is 1. The van der Waals surface area contributed by atoms with E-state index in [0.29, 0.717) is 5.70 Å². The van der Waals surface area contributed by atoms with E-state index in [0.717, 1.165) is 0 Å². The van der Waals surface area contributed by atoms with Crippen molar-refractivity contribution in [3.63, 3.8) is 0 Å². The molecule has 1 saturated heterocycles. The van der Waals surface area contributed by atoms with Gasteiger partial charge in [0.2, 0.25) is 0 Å². The van der Waals surface area contributed by atoms with Gasteiger partial charge in [0, 0.05) is 13.0 Å². The predicted octanol–water partition coefficient (Wildman–Crippen LogP) is 0.0333. The molecule has 1 aliphatic heterocycles. The first kappa shape index (κ1) is 5.32. The molecule has 0 aliphatic carbocycles. The molecule has 0 saturated carbocycles. The van der Waals surface area contributed by atoms with Gasteiger partial charge in [-0.15, -0.1) is 0 Å². The third kappa shape index (κ3) is 0.873. The van der Waals surface area contributed by atoms with E-state index in [1.807, 2.05) is 0 Å². The first-order chi connectivity index (χ1) is 3.83. The third-order valence-electron chi connectivity index (χ3n) is 1.09. The lowest BCUT2D eigenvalue weighted by Gasteiger charge is -1.85. The maximum Gasteiger partial charge on any atom is 0.145 e. The molecule has 8 heavy (non-hydrogen) atoms. The van der Waals surface area contributed by atoms with Crippen LogP contribution in [0, 0.1) is 0 Å². The zero-order chi connectivity index (χ0) is 5.98. The Hall–Kier alpha value is -0.820. The number of halogens is 1. The van der Waals surface area contributed by atoms with Crippen LogP contribution in [0.3, 0.4) is 0 Å². The van der Waals surface area contributed by atoms with Crippen LogP contribution in [0.1, 0.15) is 6.42 Å². The van der Waals surface area contributed by atoms with Gasteiger partial charge in [-0.05, 0) is 0 Å². The maximum atomic E-state index is 12.1. The Balaban J connectivity index is 2.56. The van der Waals surface area contributed by atoms with Crippen LogP contribution in [0.25, 0.3) is 0 Å². The van der Waals surface area contributed by atoms with Crippen LogP contribution < -0.4 is 5.32 Å². The standard InChI is InChI=1S/C5H6FNO/c6-4-1-5(3-8)7-2-4/h4,7H,1-2H2. The summed E-state index contributed by atoms with van der Waals surface area (Å²) >= 11 is 0. The van der Waals surface area contributed by atoms with Crippen LogP contribution in [-0.2, 0) is 4.79 Å². The average Bonchev–Trinajstić information content (AvgIpc) is 2.14. The maximum absolute atomic E-state index is 12.1. The highest BCUT2D eigenvalue weighted by atomic mass is 19.1. The van der Waals surface area contributed by atoms with Gasteiger partial charge in [-0.1, -0.05) is 0 Å². The van der Waals surface area contributed by atoms with E-state index < -0.39 is 6.17 Å². The smallest absolute Gasteiger partial charge is 0.145 e. The summed E-state index contributed by atoms with van der Waals surface area (Å²) in [6.45, 7) is 0.268. The van der Waals surface area contributed by atoms with Crippen LogP contribution in [0.4, 0.5) is 4.39 Å². The van der Waals surface area contributed by atoms with Crippen LogP contribution in [0.5, 0.6) is 0 Å². The molecule has 1 aliphatic rings. The Kier molecular flexibility index (Phi) is 1.31. The van der Waals surface area contributed by atoms with Crippen molar-refractivity contribution < 1.29 is 9.18 Å². The summed E-state index contributed by atoms with van der Waals surface area (Å²) in [4.78, 5) is 9.76. The molecule has 1 fully saturated rings. The second-order valence-corrected chi connectivity index (χ2v) is 1.76. The van der Waals surface area contributed by atoms with Crippen LogP contribution in [-0.4, -0.2) is 18.7 Å². The van der Waals surface area contributed by atoms with Gasteiger partial charge in [-0.25, -0.2) is 9.18 Å². The molecule has 1 heterocycles. The molecule has 2 nitrogen and oxygen atoms in total. The highest BCUT2D eigenvalue weighted by Gasteiger charge is 2.17. The molecule has 0 aromatic heterocycles. The van der Waals surface area contributed by atoms with Gasteiger partial charge in [0.15, 0.2) is 0 Å². The van der Waals surface area contributed by atoms with Gasteiger partial charge >= 0.3 is 0 Å². The van der Waals surface area contributed by atoms with Gasteiger partial charge in [0.05, 0.1) is 5.70 Å². The lowest BCUT2D eigenvalue weighted by Crippen LogP contribution is -2.08. The van der Waals surface area contributed by atoms with Crippen molar-refractivity contribution in [1.82, 2.24) is 5.32 Å². The quantitative estimate of drug-likeness (QED) is 0.451. The van der Waals surface area contributed by atoms with Crippen LogP contribution >= 0.6 is 0 Å². The zero-order valence-corrected chi connectivity index (χ0v) is 4.28. The lowest BCUT2D eigenvalue weighted by molar-refractivity contribution is 0.363. The van der Waals surface area contributed by atoms with Gasteiger partial charge in [0.1, 0.15) is 12.1 Å². The molecule has 0 spiro atoms. The summed E-state index contributed by atoms with van der Waals surface area (Å²) in [5, 5.41) is 2.57. The molecule has 0 bridgehead atoms. The van der Waals surface area contributed by atoms with E-state index >= 15 is 0 Å². The Bertz CT molecular complexity index is 139.